The molecule has 4 aromatic rings. The number of alkyl halides is 2. The van der Waals surface area contributed by atoms with Gasteiger partial charge in [0.05, 0.1) is 6.04 Å². The predicted octanol–water partition coefficient (Wildman–Crippen LogP) is 2.76. The molecule has 2 fully saturated rings. The monoisotopic (exact) mass is 835 g/mol. The van der Waals surface area contributed by atoms with Crippen molar-refractivity contribution in [2.24, 2.45) is 5.73 Å². The molecular weight excluding hydrogens is 791 g/mol. The molecule has 312 valence electrons. The van der Waals surface area contributed by atoms with Gasteiger partial charge < -0.3 is 46.3 Å². The number of hydrogen-bond acceptors (Lipinski definition) is 7. The first-order valence-corrected chi connectivity index (χ1v) is 20.5. The largest absolute Gasteiger partial charge is 0.399 e. The van der Waals surface area contributed by atoms with Crippen molar-refractivity contribution in [2.45, 2.75) is 74.9 Å². The van der Waals surface area contributed by atoms with Gasteiger partial charge in [0.2, 0.25) is 29.5 Å². The Morgan fingerprint density at radius 2 is 1.58 bits per heavy atom. The molecule has 4 atom stereocenters. The van der Waals surface area contributed by atoms with E-state index in [4.69, 9.17) is 5.73 Å². The molecule has 0 spiro atoms. The zero-order valence-electron chi connectivity index (χ0n) is 31.8. The van der Waals surface area contributed by atoms with E-state index < -0.39 is 78.6 Å². The minimum Gasteiger partial charge on any atom is -0.370 e. The maximum Gasteiger partial charge on any atom is 0.399 e. The van der Waals surface area contributed by atoms with E-state index in [-0.39, 0.29) is 54.9 Å². The zero-order chi connectivity index (χ0) is 42.6. The van der Waals surface area contributed by atoms with Crippen LogP contribution in [0, 0.1) is 0 Å². The summed E-state index contributed by atoms with van der Waals surface area (Å²) >= 11 is 0. The maximum absolute atomic E-state index is 14.4. The van der Waals surface area contributed by atoms with E-state index in [2.05, 4.69) is 20.9 Å². The van der Waals surface area contributed by atoms with Gasteiger partial charge in [-0.3, -0.25) is 33.3 Å². The number of carbonyl (C=O) groups is 6. The van der Waals surface area contributed by atoms with Crippen molar-refractivity contribution in [2.75, 3.05) is 13.1 Å². The summed E-state index contributed by atoms with van der Waals surface area (Å²) in [5, 5.41) is 8.38. The van der Waals surface area contributed by atoms with E-state index in [9.17, 15) is 51.9 Å². The summed E-state index contributed by atoms with van der Waals surface area (Å²) in [6.45, 7) is 1.24. The summed E-state index contributed by atoms with van der Waals surface area (Å²) in [5.74, 6) is -3.87. The van der Waals surface area contributed by atoms with Crippen molar-refractivity contribution < 1.29 is 51.9 Å². The first-order valence-electron chi connectivity index (χ1n) is 18.9. The second-order valence-corrected chi connectivity index (χ2v) is 16.3. The van der Waals surface area contributed by atoms with Crippen molar-refractivity contribution >= 4 is 53.9 Å². The van der Waals surface area contributed by atoms with E-state index in [0.29, 0.717) is 12.8 Å². The Kier molecular flexibility index (Phi) is 12.6. The van der Waals surface area contributed by atoms with Crippen molar-refractivity contribution in [1.29, 1.82) is 0 Å². The van der Waals surface area contributed by atoms with E-state index in [1.807, 2.05) is 60.7 Å². The number of hydrogen-bond donors (Lipinski definition) is 7. The SMILES string of the molecule is CC(=O)N1CCC2CCC(C(=O)NC(CCC(N)=O)C(=O)NC(c3ccccc3)c3ccccc3)N2C(=O)C(NC(=O)c2cc3cc(C(F)(F)P(=O)(O)O)ccc3[nH]2)C1. The number of nitrogens with one attached hydrogen (secondary N) is 4. The van der Waals surface area contributed by atoms with Gasteiger partial charge in [-0.1, -0.05) is 66.7 Å². The Morgan fingerprint density at radius 3 is 2.17 bits per heavy atom. The molecule has 16 nitrogen and oxygen atoms in total. The van der Waals surface area contributed by atoms with Crippen LogP contribution in [0.15, 0.2) is 84.9 Å². The molecule has 2 saturated heterocycles. The molecule has 0 aliphatic carbocycles. The standard InChI is InChI=1S/C40H44F2N7O9P/c1-23(50)48-19-18-28-13-16-33(38(54)45-30(15-17-34(43)51)36(52)47-35(24-8-4-2-5-9-24)25-10-6-3-7-11-25)49(28)39(55)32(22-48)46-37(53)31-21-26-20-27(12-14-29(26)44-31)40(41,42)59(56,57)58/h2-12,14,20-21,28,30,32-33,35,44H,13,15-19,22H2,1H3,(H2,43,51)(H,45,54)(H,46,53)(H,47,52)(H2,56,57,58). The smallest absolute Gasteiger partial charge is 0.370 e. The normalized spacial score (nSPS) is 19.1. The number of halogens is 2. The van der Waals surface area contributed by atoms with Crippen LogP contribution in [0.4, 0.5) is 8.78 Å². The molecule has 3 heterocycles. The summed E-state index contributed by atoms with van der Waals surface area (Å²) in [5.41, 5.74) is 1.52. The second kappa shape index (κ2) is 17.5. The van der Waals surface area contributed by atoms with Crippen LogP contribution >= 0.6 is 7.60 Å². The van der Waals surface area contributed by atoms with Gasteiger partial charge in [-0.05, 0) is 55.0 Å². The number of amides is 6. The van der Waals surface area contributed by atoms with Crippen LogP contribution in [0.25, 0.3) is 10.9 Å². The minimum atomic E-state index is -5.87. The van der Waals surface area contributed by atoms with Crippen LogP contribution in [-0.2, 0) is 34.2 Å². The number of rotatable bonds is 13. The molecular formula is C40H44F2N7O9P. The van der Waals surface area contributed by atoms with Crippen LogP contribution in [0.5, 0.6) is 0 Å². The molecule has 3 aromatic carbocycles. The Bertz CT molecular complexity index is 2250. The van der Waals surface area contributed by atoms with Crippen LogP contribution < -0.4 is 21.7 Å². The molecule has 0 saturated carbocycles. The van der Waals surface area contributed by atoms with Crippen LogP contribution in [0.3, 0.4) is 0 Å². The van der Waals surface area contributed by atoms with Crippen LogP contribution in [-0.4, -0.2) is 97.3 Å². The van der Waals surface area contributed by atoms with Crippen LogP contribution in [0.2, 0.25) is 0 Å². The molecule has 8 N–H and O–H groups in total. The fourth-order valence-corrected chi connectivity index (χ4v) is 8.06. The lowest BCUT2D eigenvalue weighted by molar-refractivity contribution is -0.145. The van der Waals surface area contributed by atoms with Gasteiger partial charge in [-0.25, -0.2) is 0 Å². The topological polar surface area (TPSA) is 244 Å². The van der Waals surface area contributed by atoms with Crippen LogP contribution in [0.1, 0.15) is 72.2 Å². The van der Waals surface area contributed by atoms with Gasteiger partial charge in [0.15, 0.2) is 0 Å². The predicted molar refractivity (Wildman–Crippen MR) is 209 cm³/mol. The second-order valence-electron chi connectivity index (χ2n) is 14.7. The lowest BCUT2D eigenvalue weighted by Crippen LogP contribution is -2.62. The number of H-pyrrole nitrogens is 1. The molecule has 0 radical (unpaired) electrons. The summed E-state index contributed by atoms with van der Waals surface area (Å²) < 4.78 is 40.3. The summed E-state index contributed by atoms with van der Waals surface area (Å²) in [7, 11) is -5.87. The lowest BCUT2D eigenvalue weighted by Gasteiger charge is -2.38. The average Bonchev–Trinajstić information content (AvgIpc) is 3.83. The Labute approximate surface area is 337 Å². The molecule has 6 rings (SSSR count). The number of aromatic amines is 1. The summed E-state index contributed by atoms with van der Waals surface area (Å²) in [4.78, 5) is 105. The highest BCUT2D eigenvalue weighted by molar-refractivity contribution is 7.52. The zero-order valence-corrected chi connectivity index (χ0v) is 32.7. The maximum atomic E-state index is 14.4. The molecule has 6 amide bonds. The highest BCUT2D eigenvalue weighted by Crippen LogP contribution is 2.59. The van der Waals surface area contributed by atoms with E-state index in [0.717, 1.165) is 29.3 Å². The quantitative estimate of drug-likeness (QED) is 0.0978. The molecule has 19 heteroatoms. The first-order chi connectivity index (χ1) is 27.9. The van der Waals surface area contributed by atoms with E-state index in [1.54, 1.807) is 0 Å². The minimum absolute atomic E-state index is 0.0280. The highest BCUT2D eigenvalue weighted by atomic mass is 31.2. The van der Waals surface area contributed by atoms with E-state index in [1.165, 1.54) is 22.8 Å². The Morgan fingerprint density at radius 1 is 0.932 bits per heavy atom. The Hall–Kier alpha value is -5.97. The van der Waals surface area contributed by atoms with Gasteiger partial charge in [-0.15, -0.1) is 0 Å². The lowest BCUT2D eigenvalue weighted by atomic mass is 9.98. The van der Waals surface area contributed by atoms with Crippen molar-refractivity contribution in [3.8, 4) is 0 Å². The molecule has 4 unspecified atom stereocenters. The fourth-order valence-electron chi connectivity index (χ4n) is 7.59. The third kappa shape index (κ3) is 9.51. The molecule has 2 aliphatic heterocycles. The summed E-state index contributed by atoms with van der Waals surface area (Å²) in [6, 6.07) is 17.4. The molecule has 2 aliphatic rings. The highest BCUT2D eigenvalue weighted by Gasteiger charge is 2.50. The number of nitrogens with zero attached hydrogens (tertiary/aromatic N) is 2. The van der Waals surface area contributed by atoms with Crippen molar-refractivity contribution in [3.05, 3.63) is 107 Å². The number of aromatic nitrogens is 1. The molecule has 1 aromatic heterocycles. The third-order valence-electron chi connectivity index (χ3n) is 10.7. The number of benzene rings is 3. The van der Waals surface area contributed by atoms with Gasteiger partial charge >= 0.3 is 13.3 Å². The van der Waals surface area contributed by atoms with E-state index >= 15 is 0 Å². The number of fused-ring (bicyclic) bond motifs is 2. The molecule has 0 bridgehead atoms. The van der Waals surface area contributed by atoms with Crippen molar-refractivity contribution in [3.63, 3.8) is 0 Å². The Balaban J connectivity index is 1.23. The number of nitrogens with two attached hydrogens (primary N) is 1. The van der Waals surface area contributed by atoms with Gasteiger partial charge in [0.25, 0.3) is 5.91 Å². The number of carbonyl (C=O) groups excluding carboxylic acids is 6. The first kappa shape index (κ1) is 42.6. The van der Waals surface area contributed by atoms with Gasteiger partial charge in [-0.2, -0.15) is 8.78 Å². The fraction of sp³-hybridized carbons (Fsp3) is 0.350. The number of primary amides is 1. The summed E-state index contributed by atoms with van der Waals surface area (Å²) in [6.07, 6.45) is 0.505. The third-order valence-corrected chi connectivity index (χ3v) is 11.7. The van der Waals surface area contributed by atoms with Gasteiger partial charge in [0, 0.05) is 48.9 Å². The molecule has 59 heavy (non-hydrogen) atoms. The average molecular weight is 836 g/mol. The van der Waals surface area contributed by atoms with Gasteiger partial charge in [0.1, 0.15) is 23.8 Å². The van der Waals surface area contributed by atoms with Crippen molar-refractivity contribution in [1.82, 2.24) is 30.7 Å².